The first-order chi connectivity index (χ1) is 18.2. The van der Waals surface area contributed by atoms with Gasteiger partial charge in [0.1, 0.15) is 12.1 Å². The molecule has 186 valence electrons. The summed E-state index contributed by atoms with van der Waals surface area (Å²) in [5.74, 6) is 2.15. The molecule has 0 atom stereocenters. The SMILES string of the molecule is Cc1cccc(-c2ccn(-c3nc(N4CCOCC4)nc4c3ncn4-c3cccc(OC4CC4)c3)n2)c1. The molecule has 1 aliphatic heterocycles. The highest BCUT2D eigenvalue weighted by molar-refractivity contribution is 5.82. The van der Waals surface area contributed by atoms with Gasteiger partial charge in [0.15, 0.2) is 17.0 Å². The molecule has 2 fully saturated rings. The topological polar surface area (TPSA) is 83.1 Å². The molecule has 0 unspecified atom stereocenters. The molecular weight excluding hydrogens is 466 g/mol. The Hall–Kier alpha value is -4.24. The second-order valence-electron chi connectivity index (χ2n) is 9.56. The minimum Gasteiger partial charge on any atom is -0.490 e. The van der Waals surface area contributed by atoms with Crippen LogP contribution in [0.25, 0.3) is 33.9 Å². The quantitative estimate of drug-likeness (QED) is 0.348. The van der Waals surface area contributed by atoms with Crippen LogP contribution < -0.4 is 9.64 Å². The molecule has 0 N–H and O–H groups in total. The maximum Gasteiger partial charge on any atom is 0.229 e. The zero-order valence-corrected chi connectivity index (χ0v) is 20.6. The predicted octanol–water partition coefficient (Wildman–Crippen LogP) is 4.35. The van der Waals surface area contributed by atoms with Crippen LogP contribution in [-0.2, 0) is 4.74 Å². The highest BCUT2D eigenvalue weighted by Crippen LogP contribution is 2.30. The van der Waals surface area contributed by atoms with Crippen LogP contribution in [-0.4, -0.2) is 61.7 Å². The second-order valence-corrected chi connectivity index (χ2v) is 9.56. The third-order valence-corrected chi connectivity index (χ3v) is 6.70. The van der Waals surface area contributed by atoms with E-state index < -0.39 is 0 Å². The van der Waals surface area contributed by atoms with Gasteiger partial charge < -0.3 is 14.4 Å². The van der Waals surface area contributed by atoms with Gasteiger partial charge in [-0.05, 0) is 44.0 Å². The van der Waals surface area contributed by atoms with E-state index in [4.69, 9.17) is 29.5 Å². The molecule has 4 heterocycles. The molecule has 9 nitrogen and oxygen atoms in total. The van der Waals surface area contributed by atoms with Crippen molar-refractivity contribution in [3.05, 3.63) is 72.7 Å². The average molecular weight is 494 g/mol. The van der Waals surface area contributed by atoms with E-state index >= 15 is 0 Å². The summed E-state index contributed by atoms with van der Waals surface area (Å²) in [6, 6.07) is 18.4. The zero-order valence-electron chi connectivity index (χ0n) is 20.6. The molecule has 1 saturated heterocycles. The van der Waals surface area contributed by atoms with Crippen molar-refractivity contribution in [2.24, 2.45) is 0 Å². The minimum atomic E-state index is 0.332. The Labute approximate surface area is 214 Å². The van der Waals surface area contributed by atoms with Crippen LogP contribution in [0.15, 0.2) is 67.1 Å². The fraction of sp³-hybridized carbons (Fsp3) is 0.286. The first-order valence-electron chi connectivity index (χ1n) is 12.7. The normalized spacial score (nSPS) is 15.9. The van der Waals surface area contributed by atoms with Crippen LogP contribution in [0.3, 0.4) is 0 Å². The van der Waals surface area contributed by atoms with Crippen molar-refractivity contribution >= 4 is 17.1 Å². The van der Waals surface area contributed by atoms with E-state index in [-0.39, 0.29) is 0 Å². The summed E-state index contributed by atoms with van der Waals surface area (Å²) >= 11 is 0. The number of aryl methyl sites for hydroxylation is 1. The summed E-state index contributed by atoms with van der Waals surface area (Å²) in [6.45, 7) is 4.85. The molecule has 0 amide bonds. The molecule has 9 heteroatoms. The number of imidazole rings is 1. The van der Waals surface area contributed by atoms with Gasteiger partial charge in [0.2, 0.25) is 5.95 Å². The van der Waals surface area contributed by atoms with Gasteiger partial charge in [-0.3, -0.25) is 4.57 Å². The predicted molar refractivity (Wildman–Crippen MR) is 141 cm³/mol. The number of hydrogen-bond donors (Lipinski definition) is 0. The standard InChI is InChI=1S/C28H27N7O2/c1-19-4-2-5-20(16-19)24-10-11-35(32-24)27-25-26(30-28(31-27)33-12-14-36-15-13-33)34(18-29-25)21-6-3-7-23(17-21)37-22-8-9-22/h2-7,10-11,16-18,22H,8-9,12-15H2,1H3. The summed E-state index contributed by atoms with van der Waals surface area (Å²) < 4.78 is 15.4. The minimum absolute atomic E-state index is 0.332. The van der Waals surface area contributed by atoms with E-state index in [0.29, 0.717) is 36.6 Å². The number of ether oxygens (including phenoxy) is 2. The van der Waals surface area contributed by atoms with Gasteiger partial charge >= 0.3 is 0 Å². The summed E-state index contributed by atoms with van der Waals surface area (Å²) in [4.78, 5) is 16.8. The van der Waals surface area contributed by atoms with E-state index in [1.54, 1.807) is 11.0 Å². The smallest absolute Gasteiger partial charge is 0.229 e. The number of nitrogens with zero attached hydrogens (tertiary/aromatic N) is 7. The van der Waals surface area contributed by atoms with E-state index in [9.17, 15) is 0 Å². The van der Waals surface area contributed by atoms with Crippen molar-refractivity contribution in [1.29, 1.82) is 0 Å². The summed E-state index contributed by atoms with van der Waals surface area (Å²) in [7, 11) is 0. The van der Waals surface area contributed by atoms with E-state index in [1.165, 1.54) is 5.56 Å². The average Bonchev–Trinajstić information content (AvgIpc) is 3.43. The number of rotatable bonds is 6. The number of hydrogen-bond acceptors (Lipinski definition) is 7. The van der Waals surface area contributed by atoms with E-state index in [2.05, 4.69) is 30.0 Å². The van der Waals surface area contributed by atoms with Crippen LogP contribution in [0, 0.1) is 6.92 Å². The van der Waals surface area contributed by atoms with Crippen molar-refractivity contribution in [2.45, 2.75) is 25.9 Å². The first kappa shape index (κ1) is 22.0. The molecule has 0 bridgehead atoms. The number of anilines is 1. The molecule has 7 rings (SSSR count). The van der Waals surface area contributed by atoms with Crippen molar-refractivity contribution in [3.63, 3.8) is 0 Å². The lowest BCUT2D eigenvalue weighted by molar-refractivity contribution is 0.122. The lowest BCUT2D eigenvalue weighted by atomic mass is 10.1. The lowest BCUT2D eigenvalue weighted by Gasteiger charge is -2.27. The van der Waals surface area contributed by atoms with Crippen molar-refractivity contribution in [1.82, 2.24) is 29.3 Å². The Morgan fingerprint density at radius 3 is 2.68 bits per heavy atom. The largest absolute Gasteiger partial charge is 0.490 e. The maximum absolute atomic E-state index is 6.04. The molecular formula is C28H27N7O2. The van der Waals surface area contributed by atoms with Crippen LogP contribution in [0.4, 0.5) is 5.95 Å². The molecule has 1 saturated carbocycles. The summed E-state index contributed by atoms with van der Waals surface area (Å²) in [6.07, 6.45) is 6.30. The molecule has 37 heavy (non-hydrogen) atoms. The van der Waals surface area contributed by atoms with Crippen molar-refractivity contribution in [2.75, 3.05) is 31.2 Å². The summed E-state index contributed by atoms with van der Waals surface area (Å²) in [5, 5.41) is 4.88. The number of aromatic nitrogens is 6. The Kier molecular flexibility index (Phi) is 5.35. The number of morpholine rings is 1. The monoisotopic (exact) mass is 493 g/mol. The number of benzene rings is 2. The Bertz CT molecular complexity index is 1580. The van der Waals surface area contributed by atoms with Gasteiger partial charge in [0.25, 0.3) is 0 Å². The molecule has 0 spiro atoms. The molecule has 2 aromatic carbocycles. The van der Waals surface area contributed by atoms with Crippen molar-refractivity contribution < 1.29 is 9.47 Å². The lowest BCUT2D eigenvalue weighted by Crippen LogP contribution is -2.37. The van der Waals surface area contributed by atoms with Gasteiger partial charge in [-0.2, -0.15) is 15.1 Å². The van der Waals surface area contributed by atoms with Crippen LogP contribution in [0.5, 0.6) is 5.75 Å². The highest BCUT2D eigenvalue weighted by atomic mass is 16.5. The van der Waals surface area contributed by atoms with Crippen LogP contribution >= 0.6 is 0 Å². The van der Waals surface area contributed by atoms with Crippen LogP contribution in [0.2, 0.25) is 0 Å². The first-order valence-corrected chi connectivity index (χ1v) is 12.7. The number of fused-ring (bicyclic) bond motifs is 1. The molecule has 0 radical (unpaired) electrons. The fourth-order valence-electron chi connectivity index (χ4n) is 4.61. The fourth-order valence-corrected chi connectivity index (χ4v) is 4.61. The Balaban J connectivity index is 1.35. The van der Waals surface area contributed by atoms with Crippen molar-refractivity contribution in [3.8, 4) is 28.5 Å². The Morgan fingerprint density at radius 2 is 1.84 bits per heavy atom. The molecule has 2 aliphatic rings. The van der Waals surface area contributed by atoms with E-state index in [0.717, 1.165) is 54.3 Å². The van der Waals surface area contributed by atoms with Crippen LogP contribution in [0.1, 0.15) is 18.4 Å². The van der Waals surface area contributed by atoms with Gasteiger partial charge in [-0.1, -0.05) is 29.8 Å². The second kappa shape index (κ2) is 9.01. The van der Waals surface area contributed by atoms with Gasteiger partial charge in [0.05, 0.1) is 30.7 Å². The maximum atomic E-state index is 6.04. The van der Waals surface area contributed by atoms with Gasteiger partial charge in [0, 0.05) is 30.9 Å². The van der Waals surface area contributed by atoms with E-state index in [1.807, 2.05) is 47.2 Å². The molecule has 5 aromatic rings. The molecule has 3 aromatic heterocycles. The highest BCUT2D eigenvalue weighted by Gasteiger charge is 2.24. The third kappa shape index (κ3) is 4.31. The Morgan fingerprint density at radius 1 is 0.973 bits per heavy atom. The molecule has 1 aliphatic carbocycles. The third-order valence-electron chi connectivity index (χ3n) is 6.70. The zero-order chi connectivity index (χ0) is 24.8. The summed E-state index contributed by atoms with van der Waals surface area (Å²) in [5.41, 5.74) is 5.49. The van der Waals surface area contributed by atoms with Gasteiger partial charge in [-0.25, -0.2) is 9.67 Å². The van der Waals surface area contributed by atoms with Gasteiger partial charge in [-0.15, -0.1) is 0 Å².